The van der Waals surface area contributed by atoms with Crippen molar-refractivity contribution in [3.63, 3.8) is 0 Å². The molecule has 15 rings (SSSR count). The van der Waals surface area contributed by atoms with Crippen LogP contribution in [0.25, 0.3) is 28.4 Å². The second-order valence-corrected chi connectivity index (χ2v) is 29.9. The number of nitrogens with zero attached hydrogens (tertiary/aromatic N) is 20. The number of halogens is 2. The fraction of sp³-hybridized carbons (Fsp3) is 0.286. The van der Waals surface area contributed by atoms with Gasteiger partial charge < -0.3 is 23.7 Å². The average Bonchev–Trinajstić information content (AvgIpc) is 1.64. The largest absolute Gasteiger partial charge is 0.514 e. The summed E-state index contributed by atoms with van der Waals surface area (Å²) in [5.74, 6) is 4.15. The summed E-state index contributed by atoms with van der Waals surface area (Å²) in [6.45, 7) is 18.3. The van der Waals surface area contributed by atoms with E-state index in [2.05, 4.69) is 176 Å². The summed E-state index contributed by atoms with van der Waals surface area (Å²) >= 11 is 5.76. The first kappa shape index (κ1) is 109. The zero-order chi connectivity index (χ0) is 87.6. The Labute approximate surface area is 890 Å². The summed E-state index contributed by atoms with van der Waals surface area (Å²) < 4.78 is 44.6. The summed E-state index contributed by atoms with van der Waals surface area (Å²) in [6, 6.07) is 72.5. The third-order valence-corrected chi connectivity index (χ3v) is 21.8. The molecule has 0 aliphatic rings. The van der Waals surface area contributed by atoms with E-state index in [9.17, 15) is 24.0 Å². The van der Waals surface area contributed by atoms with E-state index in [4.69, 9.17) is 23.7 Å². The third-order valence-electron chi connectivity index (χ3n) is 20.0. The molecule has 0 fully saturated rings. The Morgan fingerprint density at radius 2 is 0.555 bits per heavy atom. The van der Waals surface area contributed by atoms with E-state index in [1.807, 2.05) is 183 Å². The van der Waals surface area contributed by atoms with Gasteiger partial charge in [0.2, 0.25) is 0 Å². The van der Waals surface area contributed by atoms with E-state index in [0.29, 0.717) is 55.8 Å². The Hall–Kier alpha value is -7.72. The Morgan fingerprint density at radius 3 is 0.859 bits per heavy atom. The van der Waals surface area contributed by atoms with Gasteiger partial charge in [-0.3, -0.25) is 0 Å². The number of aromatic nitrogens is 20. The van der Waals surface area contributed by atoms with Gasteiger partial charge in [-0.1, -0.05) is 151 Å². The number of hydrogen-bond acceptors (Lipinski definition) is 20. The van der Waals surface area contributed by atoms with Crippen molar-refractivity contribution in [1.82, 2.24) is 99.0 Å². The summed E-state index contributed by atoms with van der Waals surface area (Å²) in [7, 11) is 7.88. The molecule has 128 heavy (non-hydrogen) atoms. The van der Waals surface area contributed by atoms with Gasteiger partial charge in [0.1, 0.15) is 33.0 Å². The van der Waals surface area contributed by atoms with Crippen LogP contribution in [0.2, 0.25) is 0 Å². The van der Waals surface area contributed by atoms with Gasteiger partial charge >= 0.3 is 28.4 Å². The molecular formula is C91H95BrIN20O10Y5-5. The van der Waals surface area contributed by atoms with Crippen LogP contribution in [-0.4, -0.2) is 99.0 Å². The molecule has 0 aliphatic carbocycles. The topological polar surface area (TPSA) is 310 Å². The second kappa shape index (κ2) is 54.3. The molecule has 30 nitrogen and oxygen atoms in total. The summed E-state index contributed by atoms with van der Waals surface area (Å²) in [5, 5.41) is 38.7. The maximum absolute atomic E-state index is 12.3. The molecule has 0 unspecified atom stereocenters. The Balaban J connectivity index is 0.000000244. The monoisotopic (exact) mass is 2280 g/mol. The van der Waals surface area contributed by atoms with Gasteiger partial charge in [0, 0.05) is 263 Å². The van der Waals surface area contributed by atoms with Gasteiger partial charge in [0.15, 0.2) is 0 Å². The molecule has 37 heteroatoms. The number of benzene rings is 10. The van der Waals surface area contributed by atoms with Crippen molar-refractivity contribution in [2.75, 3.05) is 0 Å². The van der Waals surface area contributed by atoms with Crippen molar-refractivity contribution in [1.29, 1.82) is 0 Å². The molecule has 653 valence electrons. The maximum atomic E-state index is 12.3. The van der Waals surface area contributed by atoms with Gasteiger partial charge in [0.05, 0.1) is 28.4 Å². The van der Waals surface area contributed by atoms with Crippen LogP contribution in [0.3, 0.4) is 0 Å². The molecule has 0 N–H and O–H groups in total. The molecule has 0 saturated heterocycles. The average molecular weight is 2280 g/mol. The van der Waals surface area contributed by atoms with Crippen molar-refractivity contribution >= 4 is 38.5 Å². The van der Waals surface area contributed by atoms with Gasteiger partial charge in [0.25, 0.3) is 0 Å². The first-order valence-corrected chi connectivity index (χ1v) is 41.9. The van der Waals surface area contributed by atoms with Crippen LogP contribution in [-0.2, 0) is 277 Å². The minimum absolute atomic E-state index is 0. The molecule has 5 aromatic heterocycles. The van der Waals surface area contributed by atoms with E-state index >= 15 is 0 Å². The van der Waals surface area contributed by atoms with E-state index in [1.165, 1.54) is 46.8 Å². The Bertz CT molecular complexity index is 6060. The van der Waals surface area contributed by atoms with Gasteiger partial charge in [-0.15, -0.1) is 58.1 Å². The number of hydrogen-bond donors (Lipinski definition) is 0. The number of ether oxygens (including phenoxy) is 5. The molecule has 0 bridgehead atoms. The molecule has 10 aromatic carbocycles. The minimum atomic E-state index is -0.307. The van der Waals surface area contributed by atoms with Crippen LogP contribution in [0, 0.1) is 40.8 Å². The zero-order valence-electron chi connectivity index (χ0n) is 73.7. The first-order chi connectivity index (χ1) is 59.6. The molecular weight excluding hydrogens is 2180 g/mol. The molecule has 0 spiro atoms. The van der Waals surface area contributed by atoms with Crippen LogP contribution in [0.4, 0.5) is 0 Å². The minimum Gasteiger partial charge on any atom is -0.514 e. The molecule has 0 aliphatic heterocycles. The van der Waals surface area contributed by atoms with Crippen molar-refractivity contribution in [3.8, 4) is 57.2 Å². The van der Waals surface area contributed by atoms with Gasteiger partial charge in [-0.25, -0.2) is 24.0 Å². The summed E-state index contributed by atoms with van der Waals surface area (Å²) in [5.41, 5.74) is 15.4. The molecule has 5 radical (unpaired) electrons. The normalized spacial score (nSPS) is 10.4. The summed E-state index contributed by atoms with van der Waals surface area (Å²) in [6.07, 6.45) is 7.10. The van der Waals surface area contributed by atoms with Crippen LogP contribution < -0.4 is 52.1 Å². The van der Waals surface area contributed by atoms with Gasteiger partial charge in [-0.2, -0.15) is 138 Å². The third kappa shape index (κ3) is 27.7. The fourth-order valence-electron chi connectivity index (χ4n) is 13.1. The molecule has 15 aromatic rings. The van der Waals surface area contributed by atoms with Crippen molar-refractivity contribution in [2.45, 2.75) is 140 Å². The molecule has 5 heterocycles. The van der Waals surface area contributed by atoms with Crippen molar-refractivity contribution in [2.24, 2.45) is 35.2 Å². The predicted molar refractivity (Wildman–Crippen MR) is 476 cm³/mol. The van der Waals surface area contributed by atoms with Gasteiger partial charge in [-0.05, 0) is 154 Å². The van der Waals surface area contributed by atoms with E-state index in [-0.39, 0.29) is 192 Å². The molecule has 0 amide bonds. The number of tetrazole rings is 5. The number of aryl methyl sites for hydroxylation is 13. The second-order valence-electron chi connectivity index (χ2n) is 27.8. The smallest absolute Gasteiger partial charge is 0.368 e. The van der Waals surface area contributed by atoms with Crippen LogP contribution in [0.1, 0.15) is 127 Å². The van der Waals surface area contributed by atoms with Crippen LogP contribution >= 0.6 is 38.5 Å². The molecule has 0 saturated carbocycles. The quantitative estimate of drug-likeness (QED) is 0.0325. The van der Waals surface area contributed by atoms with Crippen molar-refractivity contribution < 1.29 is 187 Å². The Kier molecular flexibility index (Phi) is 46.3. The van der Waals surface area contributed by atoms with E-state index in [1.54, 1.807) is 35.2 Å². The predicted octanol–water partition coefficient (Wildman–Crippen LogP) is 12.7. The van der Waals surface area contributed by atoms with Crippen LogP contribution in [0.15, 0.2) is 210 Å². The fourth-order valence-corrected chi connectivity index (χ4v) is 14.2. The van der Waals surface area contributed by atoms with E-state index in [0.717, 1.165) is 166 Å². The van der Waals surface area contributed by atoms with E-state index < -0.39 is 0 Å². The molecule has 0 atom stereocenters. The SMILES string of the molecule is CCCc1cccc(-n2nnn(C)c2=O)c1COc1cc[c-]cc1CC.CCc1c[c-]ccc1OCc1c(Br)cccc1-n1nnn(C)c1=O.CCc1c[c-]ccc1OCc1c(C)cccc1-n1nnn(C)c1=O.CCc1c[c-]ccc1OCc1c(CC)cccc1-n1nnn(C)c1=O.CCc1c[c-]ccc1OCc1c(I)cccc1-n1nnn(C)c1=O.[Y].[Y].[Y].[Y].[Y]. The zero-order valence-corrected chi connectivity index (χ0v) is 91.6. The standard InChI is InChI=1S/C20H23N4O2.C19H21N4O2.C18H19N4O2.C17H16BrN4O2.C17H16IN4O2.5Y/c1-4-9-16-11-8-12-18(24-20(25)23(3)21-22-24)17(16)14-26-19-13-7-6-10-15(19)5-2;1-4-14-10-8-11-17(23-19(24)22(3)20-21-23)16(14)13-25-18-12-7-6-9-15(18)5-2;1-4-14-9-5-6-11-17(14)24-12-15-13(2)8-7-10-16(15)22-18(23)21(3)19-20-22;2*1-3-12-7-4-5-10-16(12)24-11-13-14(18)8-6-9-15(13)22-17(23)21(2)19-20-22;;;;;/h7-8,10-13H,4-5,9,14H2,1-3H3;7-12H,4-5,13H2,1-3H3;6-11H,4,12H2,1-3H3;2*5-10H,3,11H2,1-2H3;;;;;/q5*-1;;;;;. The summed E-state index contributed by atoms with van der Waals surface area (Å²) in [4.78, 5) is 61.0. The first-order valence-electron chi connectivity index (χ1n) is 40.1. The number of rotatable bonds is 28. The Morgan fingerprint density at radius 1 is 0.305 bits per heavy atom. The van der Waals surface area contributed by atoms with Crippen molar-refractivity contribution in [3.05, 3.63) is 345 Å². The van der Waals surface area contributed by atoms with Crippen LogP contribution in [0.5, 0.6) is 28.7 Å². The maximum Gasteiger partial charge on any atom is 0.368 e.